The Morgan fingerprint density at radius 3 is 2.74 bits per heavy atom. The number of aryl methyl sites for hydroxylation is 1. The summed E-state index contributed by atoms with van der Waals surface area (Å²) in [5.41, 5.74) is 0.381. The molecule has 0 bridgehead atoms. The monoisotopic (exact) mass is 390 g/mol. The molecule has 0 unspecified atom stereocenters. The Balaban J connectivity index is 1.45. The molecule has 2 heterocycles. The van der Waals surface area contributed by atoms with Gasteiger partial charge in [0, 0.05) is 13.2 Å². The Labute approximate surface area is 157 Å². The van der Waals surface area contributed by atoms with E-state index in [0.717, 1.165) is 11.8 Å². The summed E-state index contributed by atoms with van der Waals surface area (Å²) in [7, 11) is 1.71. The largest absolute Gasteiger partial charge is 0.484 e. The minimum atomic E-state index is -0.480. The molecule has 0 saturated carbocycles. The summed E-state index contributed by atoms with van der Waals surface area (Å²) in [6.45, 7) is 0.0113. The van der Waals surface area contributed by atoms with Gasteiger partial charge in [0.25, 0.3) is 17.0 Å². The van der Waals surface area contributed by atoms with Crippen molar-refractivity contribution in [2.75, 3.05) is 5.75 Å². The SMILES string of the molecule is Cn1cccc1C(=O)NC(=O)CSc1nnc(COc2ccc(F)cc2)o1. The normalized spacial score (nSPS) is 10.6. The summed E-state index contributed by atoms with van der Waals surface area (Å²) in [4.78, 5) is 23.8. The highest BCUT2D eigenvalue weighted by Gasteiger charge is 2.15. The fourth-order valence-corrected chi connectivity index (χ4v) is 2.66. The number of rotatable bonds is 7. The average Bonchev–Trinajstić information content (AvgIpc) is 3.28. The number of nitrogens with zero attached hydrogens (tertiary/aromatic N) is 3. The van der Waals surface area contributed by atoms with E-state index in [-0.39, 0.29) is 29.3 Å². The molecule has 0 fully saturated rings. The third-order valence-electron chi connectivity index (χ3n) is 3.38. The molecule has 3 aromatic rings. The predicted molar refractivity (Wildman–Crippen MR) is 93.6 cm³/mol. The van der Waals surface area contributed by atoms with Crippen molar-refractivity contribution in [3.05, 3.63) is 60.0 Å². The van der Waals surface area contributed by atoms with Crippen LogP contribution in [0.15, 0.2) is 52.2 Å². The van der Waals surface area contributed by atoms with E-state index < -0.39 is 11.8 Å². The van der Waals surface area contributed by atoms with Crippen molar-refractivity contribution in [2.45, 2.75) is 11.8 Å². The molecule has 0 atom stereocenters. The van der Waals surface area contributed by atoms with Crippen molar-refractivity contribution in [3.63, 3.8) is 0 Å². The standard InChI is InChI=1S/C17H15FN4O4S/c1-22-8-2-3-13(22)16(24)19-14(23)10-27-17-21-20-15(26-17)9-25-12-6-4-11(18)5-7-12/h2-8H,9-10H2,1H3,(H,19,23,24). The van der Waals surface area contributed by atoms with Crippen LogP contribution < -0.4 is 10.1 Å². The number of nitrogens with one attached hydrogen (secondary N) is 1. The van der Waals surface area contributed by atoms with E-state index in [9.17, 15) is 14.0 Å². The molecule has 0 spiro atoms. The van der Waals surface area contributed by atoms with Crippen molar-refractivity contribution in [1.82, 2.24) is 20.1 Å². The van der Waals surface area contributed by atoms with Crippen LogP contribution in [-0.4, -0.2) is 32.3 Å². The van der Waals surface area contributed by atoms with Crippen LogP contribution in [0.2, 0.25) is 0 Å². The molecule has 8 nitrogen and oxygen atoms in total. The minimum absolute atomic E-state index is 0.0113. The topological polar surface area (TPSA) is 99.2 Å². The third kappa shape index (κ3) is 5.17. The van der Waals surface area contributed by atoms with E-state index in [2.05, 4.69) is 15.5 Å². The Morgan fingerprint density at radius 2 is 2.04 bits per heavy atom. The number of thioether (sulfide) groups is 1. The lowest BCUT2D eigenvalue weighted by molar-refractivity contribution is -0.117. The number of halogens is 1. The van der Waals surface area contributed by atoms with Crippen molar-refractivity contribution < 1.29 is 23.1 Å². The van der Waals surface area contributed by atoms with Crippen LogP contribution >= 0.6 is 11.8 Å². The first kappa shape index (κ1) is 18.6. The van der Waals surface area contributed by atoms with Gasteiger partial charge in [0.15, 0.2) is 6.61 Å². The molecular formula is C17H15FN4O4S. The van der Waals surface area contributed by atoms with Crippen LogP contribution in [0.5, 0.6) is 5.75 Å². The quantitative estimate of drug-likeness (QED) is 0.617. The number of amides is 2. The Bertz CT molecular complexity index is 939. The molecule has 1 aromatic carbocycles. The van der Waals surface area contributed by atoms with Gasteiger partial charge >= 0.3 is 0 Å². The van der Waals surface area contributed by atoms with Crippen LogP contribution in [0.1, 0.15) is 16.4 Å². The van der Waals surface area contributed by atoms with Gasteiger partial charge in [0.05, 0.1) is 5.75 Å². The summed E-state index contributed by atoms with van der Waals surface area (Å²) in [5.74, 6) is -0.705. The van der Waals surface area contributed by atoms with Crippen LogP contribution in [0.4, 0.5) is 4.39 Å². The molecule has 0 aliphatic carbocycles. The maximum absolute atomic E-state index is 12.8. The molecule has 0 aliphatic rings. The summed E-state index contributed by atoms with van der Waals surface area (Å²) in [6, 6.07) is 8.84. The zero-order valence-electron chi connectivity index (χ0n) is 14.2. The van der Waals surface area contributed by atoms with Crippen LogP contribution in [0, 0.1) is 5.82 Å². The van der Waals surface area contributed by atoms with E-state index in [1.807, 2.05) is 0 Å². The van der Waals surface area contributed by atoms with Crippen LogP contribution in [0.25, 0.3) is 0 Å². The summed E-state index contributed by atoms with van der Waals surface area (Å²) in [5, 5.41) is 10.1. The number of hydrogen-bond donors (Lipinski definition) is 1. The van der Waals surface area contributed by atoms with Gasteiger partial charge in [-0.15, -0.1) is 10.2 Å². The summed E-state index contributed by atoms with van der Waals surface area (Å²) in [6.07, 6.45) is 1.71. The van der Waals surface area contributed by atoms with Crippen molar-refractivity contribution in [3.8, 4) is 5.75 Å². The summed E-state index contributed by atoms with van der Waals surface area (Å²) < 4.78 is 25.2. The molecule has 140 valence electrons. The maximum Gasteiger partial charge on any atom is 0.277 e. The minimum Gasteiger partial charge on any atom is -0.484 e. The number of hydrogen-bond acceptors (Lipinski definition) is 7. The lowest BCUT2D eigenvalue weighted by Crippen LogP contribution is -2.32. The van der Waals surface area contributed by atoms with Gasteiger partial charge in [-0.3, -0.25) is 14.9 Å². The van der Waals surface area contributed by atoms with E-state index in [4.69, 9.17) is 9.15 Å². The zero-order valence-corrected chi connectivity index (χ0v) is 15.0. The molecule has 27 heavy (non-hydrogen) atoms. The van der Waals surface area contributed by atoms with E-state index in [0.29, 0.717) is 11.4 Å². The number of carbonyl (C=O) groups is 2. The molecule has 3 rings (SSSR count). The van der Waals surface area contributed by atoms with E-state index >= 15 is 0 Å². The second-order valence-corrected chi connectivity index (χ2v) is 6.30. The van der Waals surface area contributed by atoms with Gasteiger partial charge in [-0.2, -0.15) is 0 Å². The van der Waals surface area contributed by atoms with Gasteiger partial charge in [0.1, 0.15) is 17.3 Å². The highest BCUT2D eigenvalue weighted by atomic mass is 32.2. The molecule has 0 saturated heterocycles. The van der Waals surface area contributed by atoms with Gasteiger partial charge in [0.2, 0.25) is 5.91 Å². The number of ether oxygens (including phenoxy) is 1. The predicted octanol–water partition coefficient (Wildman–Crippen LogP) is 2.17. The Kier molecular flexibility index (Phi) is 5.87. The lowest BCUT2D eigenvalue weighted by Gasteiger charge is -2.04. The van der Waals surface area contributed by atoms with Gasteiger partial charge < -0.3 is 13.7 Å². The first-order valence-electron chi connectivity index (χ1n) is 7.80. The molecule has 0 radical (unpaired) electrons. The average molecular weight is 390 g/mol. The lowest BCUT2D eigenvalue weighted by atomic mass is 10.3. The van der Waals surface area contributed by atoms with Crippen LogP contribution in [-0.2, 0) is 18.4 Å². The van der Waals surface area contributed by atoms with Crippen molar-refractivity contribution in [2.24, 2.45) is 7.05 Å². The zero-order chi connectivity index (χ0) is 19.2. The van der Waals surface area contributed by atoms with Crippen molar-refractivity contribution >= 4 is 23.6 Å². The highest BCUT2D eigenvalue weighted by Crippen LogP contribution is 2.18. The number of benzene rings is 1. The van der Waals surface area contributed by atoms with Gasteiger partial charge in [-0.25, -0.2) is 4.39 Å². The fourth-order valence-electron chi connectivity index (χ4n) is 2.08. The molecule has 2 aromatic heterocycles. The van der Waals surface area contributed by atoms with E-state index in [1.54, 1.807) is 29.9 Å². The van der Waals surface area contributed by atoms with Gasteiger partial charge in [-0.05, 0) is 36.4 Å². The molecule has 0 aliphatic heterocycles. The second-order valence-electron chi connectivity index (χ2n) is 5.37. The first-order valence-corrected chi connectivity index (χ1v) is 8.79. The number of carbonyl (C=O) groups excluding carboxylic acids is 2. The molecule has 1 N–H and O–H groups in total. The van der Waals surface area contributed by atoms with Crippen molar-refractivity contribution in [1.29, 1.82) is 0 Å². The highest BCUT2D eigenvalue weighted by molar-refractivity contribution is 7.99. The Morgan fingerprint density at radius 1 is 1.26 bits per heavy atom. The fraction of sp³-hybridized carbons (Fsp3) is 0.176. The number of aromatic nitrogens is 3. The smallest absolute Gasteiger partial charge is 0.277 e. The second kappa shape index (κ2) is 8.49. The Hall–Kier alpha value is -3.14. The first-order chi connectivity index (χ1) is 13.0. The number of imide groups is 1. The molecule has 2 amide bonds. The third-order valence-corrected chi connectivity index (χ3v) is 4.20. The summed E-state index contributed by atoms with van der Waals surface area (Å²) >= 11 is 1.000. The van der Waals surface area contributed by atoms with Gasteiger partial charge in [-0.1, -0.05) is 11.8 Å². The molecular weight excluding hydrogens is 375 g/mol. The maximum atomic E-state index is 12.8. The van der Waals surface area contributed by atoms with Crippen LogP contribution in [0.3, 0.4) is 0 Å². The molecule has 10 heteroatoms. The van der Waals surface area contributed by atoms with E-state index in [1.165, 1.54) is 24.3 Å².